The van der Waals surface area contributed by atoms with Gasteiger partial charge in [-0.15, -0.1) is 0 Å². The first kappa shape index (κ1) is 17.0. The highest BCUT2D eigenvalue weighted by molar-refractivity contribution is 5.89. The highest BCUT2D eigenvalue weighted by Gasteiger charge is 2.31. The Balaban J connectivity index is 2.00. The van der Waals surface area contributed by atoms with E-state index in [0.29, 0.717) is 36.3 Å². The van der Waals surface area contributed by atoms with Crippen molar-refractivity contribution < 1.29 is 19.4 Å². The molecule has 26 heavy (non-hydrogen) atoms. The molecule has 0 bridgehead atoms. The fourth-order valence-electron chi connectivity index (χ4n) is 4.05. The predicted molar refractivity (Wildman–Crippen MR) is 94.8 cm³/mol. The van der Waals surface area contributed by atoms with Crippen LogP contribution in [0.2, 0.25) is 0 Å². The van der Waals surface area contributed by atoms with E-state index in [-0.39, 0.29) is 11.5 Å². The van der Waals surface area contributed by atoms with Gasteiger partial charge in [0.2, 0.25) is 0 Å². The van der Waals surface area contributed by atoms with Crippen LogP contribution < -0.4 is 10.5 Å². The Morgan fingerprint density at radius 2 is 2.04 bits per heavy atom. The number of aliphatic hydroxyl groups excluding tert-OH is 1. The average molecular weight is 360 g/mol. The molecule has 6 nitrogen and oxygen atoms in total. The number of piperidine rings is 1. The van der Waals surface area contributed by atoms with Gasteiger partial charge in [-0.3, -0.25) is 9.20 Å². The first-order chi connectivity index (χ1) is 12.4. The van der Waals surface area contributed by atoms with Gasteiger partial charge in [-0.2, -0.15) is 0 Å². The van der Waals surface area contributed by atoms with Crippen LogP contribution in [0.15, 0.2) is 17.1 Å². The van der Waals surface area contributed by atoms with Gasteiger partial charge in [-0.25, -0.2) is 9.18 Å². The Hall–Kier alpha value is -2.41. The minimum Gasteiger partial charge on any atom is -0.477 e. The number of hydrogen-bond donors (Lipinski definition) is 2. The van der Waals surface area contributed by atoms with Crippen molar-refractivity contribution in [2.24, 2.45) is 0 Å². The molecule has 2 aromatic rings. The van der Waals surface area contributed by atoms with E-state index < -0.39 is 23.4 Å². The van der Waals surface area contributed by atoms with Crippen molar-refractivity contribution in [3.8, 4) is 0 Å². The molecule has 4 rings (SSSR count). The van der Waals surface area contributed by atoms with Gasteiger partial charge in [0.15, 0.2) is 5.82 Å². The number of nitrogens with zero attached hydrogens (tertiary/aromatic N) is 2. The Bertz CT molecular complexity index is 964. The highest BCUT2D eigenvalue weighted by atomic mass is 19.1. The number of β-amino-alcohol motifs (C(OH)–C–C–N with tert-alkyl or cyclic N) is 1. The summed E-state index contributed by atoms with van der Waals surface area (Å²) >= 11 is 0. The zero-order valence-electron chi connectivity index (χ0n) is 14.5. The molecule has 0 spiro atoms. The monoisotopic (exact) mass is 360 g/mol. The van der Waals surface area contributed by atoms with Gasteiger partial charge in [0.25, 0.3) is 5.56 Å². The molecule has 1 atom stereocenters. The summed E-state index contributed by atoms with van der Waals surface area (Å²) in [6.07, 6.45) is 3.92. The summed E-state index contributed by atoms with van der Waals surface area (Å²) in [5, 5.41) is 19.3. The van der Waals surface area contributed by atoms with E-state index in [9.17, 15) is 24.2 Å². The summed E-state index contributed by atoms with van der Waals surface area (Å²) in [6, 6.07) is 1.46. The molecule has 1 aliphatic heterocycles. The molecule has 1 saturated carbocycles. The van der Waals surface area contributed by atoms with Gasteiger partial charge in [-0.05, 0) is 55.7 Å². The average Bonchev–Trinajstić information content (AvgIpc) is 3.40. The zero-order valence-corrected chi connectivity index (χ0v) is 14.5. The summed E-state index contributed by atoms with van der Waals surface area (Å²) in [6.45, 7) is 2.76. The van der Waals surface area contributed by atoms with Crippen molar-refractivity contribution in [1.29, 1.82) is 0 Å². The first-order valence-corrected chi connectivity index (χ1v) is 8.93. The number of carboxylic acid groups (broad SMARTS) is 1. The number of aryl methyl sites for hydroxylation is 1. The number of aromatic nitrogens is 1. The third kappa shape index (κ3) is 2.67. The number of aromatic carboxylic acids is 1. The number of carboxylic acids is 1. The van der Waals surface area contributed by atoms with Crippen LogP contribution in [0.25, 0.3) is 5.52 Å². The Morgan fingerprint density at radius 3 is 2.65 bits per heavy atom. The molecular formula is C19H21FN2O4. The van der Waals surface area contributed by atoms with E-state index in [1.165, 1.54) is 6.07 Å². The second-order valence-corrected chi connectivity index (χ2v) is 7.31. The van der Waals surface area contributed by atoms with Gasteiger partial charge in [0, 0.05) is 13.1 Å². The van der Waals surface area contributed by atoms with E-state index in [0.717, 1.165) is 35.4 Å². The third-order valence-corrected chi connectivity index (χ3v) is 5.40. The number of carbonyl (C=O) groups is 1. The van der Waals surface area contributed by atoms with Crippen molar-refractivity contribution in [3.05, 3.63) is 45.1 Å². The molecule has 138 valence electrons. The minimum atomic E-state index is -1.30. The lowest BCUT2D eigenvalue weighted by Crippen LogP contribution is -2.39. The number of aliphatic hydroxyl groups is 1. The molecule has 0 amide bonds. The molecule has 2 fully saturated rings. The van der Waals surface area contributed by atoms with E-state index in [1.54, 1.807) is 6.92 Å². The molecule has 1 aliphatic carbocycles. The first-order valence-electron chi connectivity index (χ1n) is 8.93. The van der Waals surface area contributed by atoms with Crippen molar-refractivity contribution in [1.82, 2.24) is 4.40 Å². The highest BCUT2D eigenvalue weighted by Crippen LogP contribution is 2.44. The lowest BCUT2D eigenvalue weighted by atomic mass is 10.0. The fourth-order valence-corrected chi connectivity index (χ4v) is 4.05. The number of rotatable bonds is 3. The predicted octanol–water partition coefficient (Wildman–Crippen LogP) is 2.28. The molecule has 1 saturated heterocycles. The molecule has 7 heteroatoms. The lowest BCUT2D eigenvalue weighted by Gasteiger charge is -2.33. The van der Waals surface area contributed by atoms with Gasteiger partial charge in [0.1, 0.15) is 5.56 Å². The standard InChI is InChI=1S/C19H21FN2O4/c1-10-16-13(11-4-5-11)7-14(19(25)26)18(24)22(16)9-15(20)17(10)21-6-2-3-12(23)8-21/h7,9,11-12,23H,2-6,8H2,1H3,(H,25,26). The van der Waals surface area contributed by atoms with Crippen LogP contribution in [0, 0.1) is 12.7 Å². The van der Waals surface area contributed by atoms with Crippen molar-refractivity contribution in [3.63, 3.8) is 0 Å². The molecule has 1 unspecified atom stereocenters. The molecule has 0 aromatic carbocycles. The number of anilines is 1. The van der Waals surface area contributed by atoms with E-state index in [2.05, 4.69) is 0 Å². The normalized spacial score (nSPS) is 20.6. The van der Waals surface area contributed by atoms with E-state index >= 15 is 0 Å². The number of pyridine rings is 2. The SMILES string of the molecule is Cc1c(N2CCCC(O)C2)c(F)cn2c(=O)c(C(=O)O)cc(C3CC3)c12. The van der Waals surface area contributed by atoms with Crippen LogP contribution in [0.5, 0.6) is 0 Å². The van der Waals surface area contributed by atoms with Gasteiger partial charge in [0.05, 0.1) is 23.5 Å². The number of hydrogen-bond acceptors (Lipinski definition) is 4. The summed E-state index contributed by atoms with van der Waals surface area (Å²) in [5.41, 5.74) is 1.36. The third-order valence-electron chi connectivity index (χ3n) is 5.40. The van der Waals surface area contributed by atoms with Crippen molar-refractivity contribution in [2.75, 3.05) is 18.0 Å². The van der Waals surface area contributed by atoms with E-state index in [4.69, 9.17) is 0 Å². The smallest absolute Gasteiger partial charge is 0.341 e. The molecular weight excluding hydrogens is 339 g/mol. The zero-order chi connectivity index (χ0) is 18.6. The molecule has 2 aromatic heterocycles. The van der Waals surface area contributed by atoms with Crippen LogP contribution in [0.1, 0.15) is 53.1 Å². The Kier molecular flexibility index (Phi) is 3.99. The minimum absolute atomic E-state index is 0.202. The number of halogens is 1. The van der Waals surface area contributed by atoms with Gasteiger partial charge in [-0.1, -0.05) is 0 Å². The maximum absolute atomic E-state index is 14.9. The van der Waals surface area contributed by atoms with Crippen LogP contribution in [-0.2, 0) is 0 Å². The summed E-state index contributed by atoms with van der Waals surface area (Å²) < 4.78 is 16.1. The van der Waals surface area contributed by atoms with Crippen LogP contribution in [0.4, 0.5) is 10.1 Å². The van der Waals surface area contributed by atoms with Gasteiger partial charge >= 0.3 is 5.97 Å². The topological polar surface area (TPSA) is 82.2 Å². The molecule has 3 heterocycles. The second-order valence-electron chi connectivity index (χ2n) is 7.31. The van der Waals surface area contributed by atoms with Crippen LogP contribution in [-0.4, -0.2) is 39.8 Å². The molecule has 2 aliphatic rings. The lowest BCUT2D eigenvalue weighted by molar-refractivity contribution is 0.0694. The Labute approximate surface area is 149 Å². The summed E-state index contributed by atoms with van der Waals surface area (Å²) in [7, 11) is 0. The van der Waals surface area contributed by atoms with Crippen molar-refractivity contribution in [2.45, 2.75) is 44.6 Å². The van der Waals surface area contributed by atoms with E-state index in [1.807, 2.05) is 4.90 Å². The van der Waals surface area contributed by atoms with Crippen LogP contribution in [0.3, 0.4) is 0 Å². The second kappa shape index (κ2) is 6.09. The number of fused-ring (bicyclic) bond motifs is 1. The molecule has 0 radical (unpaired) electrons. The fraction of sp³-hybridized carbons (Fsp3) is 0.474. The molecule has 2 N–H and O–H groups in total. The summed E-state index contributed by atoms with van der Waals surface area (Å²) in [5.74, 6) is -1.67. The Morgan fingerprint density at radius 1 is 1.31 bits per heavy atom. The maximum Gasteiger partial charge on any atom is 0.341 e. The maximum atomic E-state index is 14.9. The van der Waals surface area contributed by atoms with Crippen molar-refractivity contribution >= 4 is 17.2 Å². The quantitative estimate of drug-likeness (QED) is 0.878. The summed E-state index contributed by atoms with van der Waals surface area (Å²) in [4.78, 5) is 25.8. The largest absolute Gasteiger partial charge is 0.477 e. The van der Waals surface area contributed by atoms with Gasteiger partial charge < -0.3 is 15.1 Å². The van der Waals surface area contributed by atoms with Crippen LogP contribution >= 0.6 is 0 Å².